The van der Waals surface area contributed by atoms with Gasteiger partial charge in [-0.1, -0.05) is 23.7 Å². The third kappa shape index (κ3) is 7.11. The molecule has 2 N–H and O–H groups in total. The normalized spacial score (nSPS) is 11.0. The standard InChI is InChI=1S/C21H26ClN3O6S/c1-30-12-6-11-23-21(27)16-7-4-5-8-17(16)24-20(26)14-25(32(3,28)29)18-13-15(22)9-10-19(18)31-2/h4-5,7-10,13H,6,11-12,14H2,1-3H3,(H,23,27)(H,24,26). The van der Waals surface area contributed by atoms with Gasteiger partial charge < -0.3 is 20.1 Å². The van der Waals surface area contributed by atoms with Gasteiger partial charge in [0.2, 0.25) is 15.9 Å². The summed E-state index contributed by atoms with van der Waals surface area (Å²) in [5.74, 6) is -0.769. The lowest BCUT2D eigenvalue weighted by Gasteiger charge is -2.24. The Morgan fingerprint density at radius 2 is 1.84 bits per heavy atom. The zero-order valence-corrected chi connectivity index (χ0v) is 19.6. The first-order valence-corrected chi connectivity index (χ1v) is 11.9. The van der Waals surface area contributed by atoms with Crippen molar-refractivity contribution in [3.8, 4) is 5.75 Å². The molecule has 2 amide bonds. The minimum Gasteiger partial charge on any atom is -0.495 e. The second-order valence-electron chi connectivity index (χ2n) is 6.78. The van der Waals surface area contributed by atoms with Crippen molar-refractivity contribution in [2.75, 3.05) is 49.8 Å². The van der Waals surface area contributed by atoms with E-state index in [1.807, 2.05) is 0 Å². The zero-order valence-electron chi connectivity index (χ0n) is 18.1. The van der Waals surface area contributed by atoms with Gasteiger partial charge in [0.1, 0.15) is 12.3 Å². The Morgan fingerprint density at radius 1 is 1.12 bits per heavy atom. The number of nitrogens with one attached hydrogen (secondary N) is 2. The molecule has 0 radical (unpaired) electrons. The summed E-state index contributed by atoms with van der Waals surface area (Å²) in [6.07, 6.45) is 1.61. The third-order valence-corrected chi connectivity index (χ3v) is 5.72. The molecule has 32 heavy (non-hydrogen) atoms. The summed E-state index contributed by atoms with van der Waals surface area (Å²) in [4.78, 5) is 25.3. The fourth-order valence-corrected chi connectivity index (χ4v) is 3.88. The summed E-state index contributed by atoms with van der Waals surface area (Å²) >= 11 is 6.02. The van der Waals surface area contributed by atoms with Gasteiger partial charge in [-0.3, -0.25) is 13.9 Å². The molecule has 0 aliphatic carbocycles. The van der Waals surface area contributed by atoms with Crippen LogP contribution in [0.15, 0.2) is 42.5 Å². The predicted molar refractivity (Wildman–Crippen MR) is 124 cm³/mol. The van der Waals surface area contributed by atoms with Crippen molar-refractivity contribution in [2.24, 2.45) is 0 Å². The number of carbonyl (C=O) groups excluding carboxylic acids is 2. The minimum absolute atomic E-state index is 0.127. The maximum atomic E-state index is 12.8. The Balaban J connectivity index is 2.22. The number of hydrogen-bond donors (Lipinski definition) is 2. The molecule has 0 unspecified atom stereocenters. The maximum Gasteiger partial charge on any atom is 0.253 e. The van der Waals surface area contributed by atoms with Crippen LogP contribution >= 0.6 is 11.6 Å². The van der Waals surface area contributed by atoms with Crippen molar-refractivity contribution in [1.29, 1.82) is 0 Å². The lowest BCUT2D eigenvalue weighted by Crippen LogP contribution is -2.38. The second-order valence-corrected chi connectivity index (χ2v) is 9.13. The van der Waals surface area contributed by atoms with E-state index >= 15 is 0 Å². The molecule has 0 heterocycles. The summed E-state index contributed by atoms with van der Waals surface area (Å²) in [5.41, 5.74) is 0.639. The number of ether oxygens (including phenoxy) is 2. The first-order valence-electron chi connectivity index (χ1n) is 9.64. The number of para-hydroxylation sites is 1. The van der Waals surface area contributed by atoms with E-state index in [-0.39, 0.29) is 33.6 Å². The zero-order chi connectivity index (χ0) is 23.7. The molecule has 11 heteroatoms. The molecule has 0 saturated carbocycles. The van der Waals surface area contributed by atoms with Gasteiger partial charge in [0, 0.05) is 25.3 Å². The van der Waals surface area contributed by atoms with Crippen LogP contribution in [0.3, 0.4) is 0 Å². The van der Waals surface area contributed by atoms with Gasteiger partial charge >= 0.3 is 0 Å². The number of sulfonamides is 1. The quantitative estimate of drug-likeness (QED) is 0.475. The van der Waals surface area contributed by atoms with Crippen LogP contribution in [0, 0.1) is 0 Å². The van der Waals surface area contributed by atoms with E-state index in [2.05, 4.69) is 10.6 Å². The van der Waals surface area contributed by atoms with Crippen molar-refractivity contribution in [3.05, 3.63) is 53.1 Å². The lowest BCUT2D eigenvalue weighted by atomic mass is 10.1. The summed E-state index contributed by atoms with van der Waals surface area (Å²) in [5, 5.41) is 5.65. The molecule has 0 aromatic heterocycles. The van der Waals surface area contributed by atoms with Gasteiger partial charge in [-0.15, -0.1) is 0 Å². The maximum absolute atomic E-state index is 12.8. The fourth-order valence-electron chi connectivity index (χ4n) is 2.86. The molecule has 0 aliphatic rings. The van der Waals surface area contributed by atoms with Crippen LogP contribution < -0.4 is 19.7 Å². The number of halogens is 1. The van der Waals surface area contributed by atoms with Crippen LogP contribution in [0.25, 0.3) is 0 Å². The van der Waals surface area contributed by atoms with Crippen molar-refractivity contribution in [3.63, 3.8) is 0 Å². The van der Waals surface area contributed by atoms with Crippen molar-refractivity contribution < 1.29 is 27.5 Å². The third-order valence-electron chi connectivity index (χ3n) is 4.35. The lowest BCUT2D eigenvalue weighted by molar-refractivity contribution is -0.114. The van der Waals surface area contributed by atoms with Crippen LogP contribution in [-0.4, -0.2) is 60.4 Å². The minimum atomic E-state index is -3.86. The Morgan fingerprint density at radius 3 is 2.50 bits per heavy atom. The molecule has 0 saturated heterocycles. The van der Waals surface area contributed by atoms with Gasteiger partial charge in [-0.05, 0) is 36.8 Å². The smallest absolute Gasteiger partial charge is 0.253 e. The van der Waals surface area contributed by atoms with E-state index in [0.29, 0.717) is 19.6 Å². The van der Waals surface area contributed by atoms with E-state index in [0.717, 1.165) is 10.6 Å². The average Bonchev–Trinajstić information content (AvgIpc) is 2.74. The molecule has 0 bridgehead atoms. The number of amides is 2. The van der Waals surface area contributed by atoms with E-state index in [9.17, 15) is 18.0 Å². The Kier molecular flexibility index (Phi) is 9.30. The highest BCUT2D eigenvalue weighted by molar-refractivity contribution is 7.92. The van der Waals surface area contributed by atoms with Crippen molar-refractivity contribution in [2.45, 2.75) is 6.42 Å². The number of carbonyl (C=O) groups is 2. The highest BCUT2D eigenvalue weighted by Crippen LogP contribution is 2.32. The molecule has 0 atom stereocenters. The van der Waals surface area contributed by atoms with Gasteiger partial charge in [-0.2, -0.15) is 0 Å². The number of anilines is 2. The Bertz CT molecular complexity index is 1060. The highest BCUT2D eigenvalue weighted by atomic mass is 35.5. The molecule has 9 nitrogen and oxygen atoms in total. The molecule has 0 spiro atoms. The van der Waals surface area contributed by atoms with E-state index in [1.54, 1.807) is 37.4 Å². The van der Waals surface area contributed by atoms with Crippen LogP contribution in [-0.2, 0) is 19.6 Å². The van der Waals surface area contributed by atoms with Crippen LogP contribution in [0.2, 0.25) is 5.02 Å². The molecule has 2 aromatic carbocycles. The monoisotopic (exact) mass is 483 g/mol. The number of benzene rings is 2. The summed E-state index contributed by atoms with van der Waals surface area (Å²) in [6.45, 7) is 0.373. The molecular weight excluding hydrogens is 458 g/mol. The topological polar surface area (TPSA) is 114 Å². The molecular formula is C21H26ClN3O6S. The van der Waals surface area contributed by atoms with Crippen LogP contribution in [0.4, 0.5) is 11.4 Å². The summed E-state index contributed by atoms with van der Waals surface area (Å²) in [6, 6.07) is 10.9. The van der Waals surface area contributed by atoms with Crippen LogP contribution in [0.1, 0.15) is 16.8 Å². The van der Waals surface area contributed by atoms with Crippen molar-refractivity contribution >= 4 is 44.8 Å². The summed E-state index contributed by atoms with van der Waals surface area (Å²) in [7, 11) is -0.897. The average molecular weight is 484 g/mol. The largest absolute Gasteiger partial charge is 0.495 e. The number of methoxy groups -OCH3 is 2. The molecule has 2 rings (SSSR count). The highest BCUT2D eigenvalue weighted by Gasteiger charge is 2.25. The molecule has 0 fully saturated rings. The first kappa shape index (κ1) is 25.4. The fraction of sp³-hybridized carbons (Fsp3) is 0.333. The first-order chi connectivity index (χ1) is 15.2. The Hall–Kier alpha value is -2.82. The van der Waals surface area contributed by atoms with Gasteiger partial charge in [0.05, 0.1) is 30.3 Å². The summed E-state index contributed by atoms with van der Waals surface area (Å²) < 4.78 is 35.9. The molecule has 174 valence electrons. The molecule has 2 aromatic rings. The van der Waals surface area contributed by atoms with E-state index < -0.39 is 22.5 Å². The number of hydrogen-bond acceptors (Lipinski definition) is 6. The van der Waals surface area contributed by atoms with E-state index in [1.165, 1.54) is 19.2 Å². The number of rotatable bonds is 11. The van der Waals surface area contributed by atoms with Gasteiger partial charge in [0.15, 0.2) is 0 Å². The Labute approximate surface area is 192 Å². The van der Waals surface area contributed by atoms with Gasteiger partial charge in [0.25, 0.3) is 5.91 Å². The second kappa shape index (κ2) is 11.7. The predicted octanol–water partition coefficient (Wildman–Crippen LogP) is 2.52. The van der Waals surface area contributed by atoms with Crippen LogP contribution in [0.5, 0.6) is 5.75 Å². The number of nitrogens with zero attached hydrogens (tertiary/aromatic N) is 1. The molecule has 0 aliphatic heterocycles. The van der Waals surface area contributed by atoms with Crippen molar-refractivity contribution in [1.82, 2.24) is 5.32 Å². The van der Waals surface area contributed by atoms with Gasteiger partial charge in [-0.25, -0.2) is 8.42 Å². The SMILES string of the molecule is COCCCNC(=O)c1ccccc1NC(=O)CN(c1cc(Cl)ccc1OC)S(C)(=O)=O. The van der Waals surface area contributed by atoms with E-state index in [4.69, 9.17) is 21.1 Å².